The first-order valence-electron chi connectivity index (χ1n) is 9.67. The van der Waals surface area contributed by atoms with Crippen LogP contribution in [0.5, 0.6) is 11.5 Å². The fraction of sp³-hybridized carbons (Fsp3) is 0.550. The number of carbonyl (C=O) groups excluding carboxylic acids is 1. The van der Waals surface area contributed by atoms with Crippen LogP contribution in [0.4, 0.5) is 13.2 Å². The van der Waals surface area contributed by atoms with Gasteiger partial charge in [0.2, 0.25) is 0 Å². The van der Waals surface area contributed by atoms with Gasteiger partial charge in [0.15, 0.2) is 17.1 Å². The molecule has 0 heterocycles. The van der Waals surface area contributed by atoms with Gasteiger partial charge in [-0.3, -0.25) is 0 Å². The van der Waals surface area contributed by atoms with E-state index in [0.29, 0.717) is 12.8 Å². The Bertz CT molecular complexity index is 982. The van der Waals surface area contributed by atoms with Gasteiger partial charge < -0.3 is 18.8 Å². The first kappa shape index (κ1) is 23.2. The first-order chi connectivity index (χ1) is 14.4. The molecule has 0 unspecified atom stereocenters. The van der Waals surface area contributed by atoms with E-state index in [1.54, 1.807) is 0 Å². The number of alkyl halides is 3. The Morgan fingerprint density at radius 1 is 1.19 bits per heavy atom. The predicted octanol–water partition coefficient (Wildman–Crippen LogP) is 3.39. The average molecular weight is 461 g/mol. The highest BCUT2D eigenvalue weighted by Gasteiger charge is 2.38. The molecule has 1 aromatic rings. The minimum atomic E-state index is -4.98. The highest BCUT2D eigenvalue weighted by Crippen LogP contribution is 2.40. The van der Waals surface area contributed by atoms with Crippen molar-refractivity contribution in [3.8, 4) is 23.3 Å². The molecule has 0 N–H and O–H groups in total. The zero-order valence-electron chi connectivity index (χ0n) is 16.4. The van der Waals surface area contributed by atoms with Crippen molar-refractivity contribution in [2.45, 2.75) is 50.5 Å². The smallest absolute Gasteiger partial charge is 0.573 e. The van der Waals surface area contributed by atoms with Crippen molar-refractivity contribution in [1.29, 1.82) is 0 Å². The van der Waals surface area contributed by atoms with Crippen LogP contribution in [-0.4, -0.2) is 43.3 Å². The number of carbonyl (C=O) groups is 1. The van der Waals surface area contributed by atoms with Gasteiger partial charge in [-0.1, -0.05) is 11.8 Å². The quantitative estimate of drug-likeness (QED) is 0.348. The van der Waals surface area contributed by atoms with Crippen LogP contribution in [0, 0.1) is 17.8 Å². The average Bonchev–Trinajstić information content (AvgIpc) is 3.37. The Hall–Kier alpha value is -2.45. The van der Waals surface area contributed by atoms with Crippen molar-refractivity contribution >= 4 is 16.1 Å². The van der Waals surface area contributed by atoms with Crippen molar-refractivity contribution in [3.05, 3.63) is 23.8 Å². The zero-order valence-corrected chi connectivity index (χ0v) is 17.2. The minimum Gasteiger partial charge on any atom is -0.748 e. The molecule has 1 aromatic carbocycles. The number of ether oxygens (including phenoxy) is 3. The lowest BCUT2D eigenvalue weighted by Gasteiger charge is -2.26. The summed E-state index contributed by atoms with van der Waals surface area (Å²) in [5.41, 5.74) is -1.16. The van der Waals surface area contributed by atoms with Crippen LogP contribution in [0.15, 0.2) is 18.2 Å². The van der Waals surface area contributed by atoms with E-state index in [-0.39, 0.29) is 17.2 Å². The third-order valence-electron chi connectivity index (χ3n) is 4.77. The van der Waals surface area contributed by atoms with E-state index in [2.05, 4.69) is 16.6 Å². The molecule has 7 nitrogen and oxygen atoms in total. The van der Waals surface area contributed by atoms with Gasteiger partial charge in [0.25, 0.3) is 0 Å². The van der Waals surface area contributed by atoms with E-state index in [1.807, 2.05) is 0 Å². The Morgan fingerprint density at radius 2 is 1.87 bits per heavy atom. The molecule has 0 radical (unpaired) electrons. The molecule has 0 amide bonds. The number of hydrogen-bond donors (Lipinski definition) is 0. The molecule has 3 rings (SSSR count). The van der Waals surface area contributed by atoms with Gasteiger partial charge in [-0.2, -0.15) is 0 Å². The van der Waals surface area contributed by atoms with Crippen molar-refractivity contribution in [2.75, 3.05) is 12.4 Å². The van der Waals surface area contributed by atoms with Crippen LogP contribution in [0.25, 0.3) is 0 Å². The Balaban J connectivity index is 1.85. The Kier molecular flexibility index (Phi) is 6.71. The van der Waals surface area contributed by atoms with E-state index in [1.165, 1.54) is 0 Å². The zero-order chi connectivity index (χ0) is 22.7. The van der Waals surface area contributed by atoms with Gasteiger partial charge >= 0.3 is 12.3 Å². The summed E-state index contributed by atoms with van der Waals surface area (Å²) in [6.45, 7) is -0.682. The third kappa shape index (κ3) is 7.33. The van der Waals surface area contributed by atoms with Crippen molar-refractivity contribution in [3.63, 3.8) is 0 Å². The summed E-state index contributed by atoms with van der Waals surface area (Å²) in [6.07, 6.45) is -0.397. The maximum absolute atomic E-state index is 12.8. The number of hydrogen-bond acceptors (Lipinski definition) is 7. The molecule has 11 heteroatoms. The molecule has 0 aliphatic heterocycles. The molecule has 0 aromatic heterocycles. The van der Waals surface area contributed by atoms with Gasteiger partial charge in [-0.15, -0.1) is 13.2 Å². The fourth-order valence-corrected chi connectivity index (χ4v) is 3.40. The molecule has 0 bridgehead atoms. The van der Waals surface area contributed by atoms with Crippen molar-refractivity contribution < 1.29 is 45.1 Å². The topological polar surface area (TPSA) is 102 Å². The first-order valence-corrected chi connectivity index (χ1v) is 11.2. The number of benzene rings is 1. The normalized spacial score (nSPS) is 18.1. The van der Waals surface area contributed by atoms with Crippen LogP contribution in [0.2, 0.25) is 0 Å². The summed E-state index contributed by atoms with van der Waals surface area (Å²) in [6, 6.07) is 2.98. The van der Waals surface area contributed by atoms with E-state index < -0.39 is 46.2 Å². The van der Waals surface area contributed by atoms with Gasteiger partial charge in [0, 0.05) is 5.92 Å². The summed E-state index contributed by atoms with van der Waals surface area (Å²) < 4.78 is 85.1. The summed E-state index contributed by atoms with van der Waals surface area (Å²) >= 11 is 0. The molecule has 0 saturated heterocycles. The standard InChI is InChI=1S/C20H21F3O7S/c21-20(22,23)30-16-6-5-15(18(24)28-11-12-31(25,26)27)13-17(16)29-19(8-1-2-9-19)10-7-14-3-4-14/h5-6,13-14H,1-4,8-9,11-12H2,(H,25,26,27)/p-1. The predicted molar refractivity (Wildman–Crippen MR) is 100 cm³/mol. The summed E-state index contributed by atoms with van der Waals surface area (Å²) in [5.74, 6) is 3.53. The largest absolute Gasteiger partial charge is 0.748 e. The van der Waals surface area contributed by atoms with Crippen molar-refractivity contribution in [1.82, 2.24) is 0 Å². The molecule has 2 aliphatic carbocycles. The van der Waals surface area contributed by atoms with Gasteiger partial charge in [-0.25, -0.2) is 13.2 Å². The fourth-order valence-electron chi connectivity index (χ4n) is 3.11. The molecule has 0 atom stereocenters. The lowest BCUT2D eigenvalue weighted by molar-refractivity contribution is -0.275. The summed E-state index contributed by atoms with van der Waals surface area (Å²) in [7, 11) is -4.58. The van der Waals surface area contributed by atoms with Crippen LogP contribution in [0.1, 0.15) is 48.9 Å². The Morgan fingerprint density at radius 3 is 2.45 bits per heavy atom. The summed E-state index contributed by atoms with van der Waals surface area (Å²) in [5, 5.41) is 0. The van der Waals surface area contributed by atoms with Gasteiger partial charge in [0.05, 0.1) is 21.4 Å². The monoisotopic (exact) mass is 461 g/mol. The van der Waals surface area contributed by atoms with Crippen LogP contribution < -0.4 is 9.47 Å². The van der Waals surface area contributed by atoms with E-state index in [0.717, 1.165) is 43.9 Å². The molecule has 170 valence electrons. The van der Waals surface area contributed by atoms with Gasteiger partial charge in [0.1, 0.15) is 6.61 Å². The highest BCUT2D eigenvalue weighted by molar-refractivity contribution is 7.85. The molecular weight excluding hydrogens is 441 g/mol. The molecule has 2 fully saturated rings. The van der Waals surface area contributed by atoms with Crippen LogP contribution >= 0.6 is 0 Å². The lowest BCUT2D eigenvalue weighted by atomic mass is 10.0. The second-order valence-electron chi connectivity index (χ2n) is 7.45. The molecule has 2 saturated carbocycles. The highest BCUT2D eigenvalue weighted by atomic mass is 32.2. The molecule has 0 spiro atoms. The minimum absolute atomic E-state index is 0.184. The molecule has 31 heavy (non-hydrogen) atoms. The number of halogens is 3. The van der Waals surface area contributed by atoms with E-state index in [9.17, 15) is 30.9 Å². The summed E-state index contributed by atoms with van der Waals surface area (Å²) in [4.78, 5) is 12.2. The maximum atomic E-state index is 12.8. The number of esters is 1. The van der Waals surface area contributed by atoms with E-state index in [4.69, 9.17) is 9.47 Å². The third-order valence-corrected chi connectivity index (χ3v) is 5.44. The lowest BCUT2D eigenvalue weighted by Crippen LogP contribution is -2.31. The maximum Gasteiger partial charge on any atom is 0.573 e. The second kappa shape index (κ2) is 8.96. The van der Waals surface area contributed by atoms with Crippen molar-refractivity contribution in [2.24, 2.45) is 5.92 Å². The Labute approximate surface area is 177 Å². The van der Waals surface area contributed by atoms with Crippen LogP contribution in [0.3, 0.4) is 0 Å². The van der Waals surface area contributed by atoms with Crippen LogP contribution in [-0.2, 0) is 14.9 Å². The van der Waals surface area contributed by atoms with E-state index >= 15 is 0 Å². The number of rotatable bonds is 7. The molecule has 2 aliphatic rings. The van der Waals surface area contributed by atoms with Gasteiger partial charge in [-0.05, 0) is 56.7 Å². The second-order valence-corrected chi connectivity index (χ2v) is 8.98. The molecular formula is C20H20F3O7S-. The SMILES string of the molecule is O=C(OCCS(=O)(=O)[O-])c1ccc(OC(F)(F)F)c(OC2(C#CC3CC3)CCCC2)c1.